The van der Waals surface area contributed by atoms with Crippen molar-refractivity contribution in [2.24, 2.45) is 0 Å². The number of benzene rings is 3. The van der Waals surface area contributed by atoms with Gasteiger partial charge in [0.2, 0.25) is 0 Å². The number of carbonyl (C=O) groups excluding carboxylic acids is 1. The summed E-state index contributed by atoms with van der Waals surface area (Å²) in [4.78, 5) is 12.6. The number of nitrogens with one attached hydrogen (secondary N) is 1. The van der Waals surface area contributed by atoms with Gasteiger partial charge in [-0.05, 0) is 48.0 Å². The lowest BCUT2D eigenvalue weighted by atomic mass is 10.1. The second kappa shape index (κ2) is 10.9. The van der Waals surface area contributed by atoms with Crippen molar-refractivity contribution in [3.8, 4) is 17.6 Å². The summed E-state index contributed by atoms with van der Waals surface area (Å²) in [5.41, 5.74) is -0.0410. The summed E-state index contributed by atoms with van der Waals surface area (Å²) in [6.45, 7) is 0.201. The van der Waals surface area contributed by atoms with Crippen LogP contribution in [0.1, 0.15) is 16.7 Å². The minimum Gasteiger partial charge on any atom is -0.493 e. The first kappa shape index (κ1) is 24.9. The molecule has 0 fully saturated rings. The van der Waals surface area contributed by atoms with E-state index in [0.717, 1.165) is 22.2 Å². The number of anilines is 1. The Balaban J connectivity index is 1.87. The monoisotopic (exact) mass is 530 g/mol. The SMILES string of the molecule is COc1cccc(/C=C(\C#N)C(=O)Nc2cccc(C(F)(F)F)c2)c1OCc1ccc(Br)cc1. The first-order valence-electron chi connectivity index (χ1n) is 9.86. The molecule has 0 atom stereocenters. The number of hydrogen-bond acceptors (Lipinski definition) is 4. The Kier molecular flexibility index (Phi) is 7.97. The summed E-state index contributed by atoms with van der Waals surface area (Å²) in [5.74, 6) is -0.155. The van der Waals surface area contributed by atoms with Crippen molar-refractivity contribution in [1.82, 2.24) is 0 Å². The van der Waals surface area contributed by atoms with E-state index in [4.69, 9.17) is 9.47 Å². The van der Waals surface area contributed by atoms with Gasteiger partial charge in [0, 0.05) is 15.7 Å². The maximum atomic E-state index is 12.9. The molecule has 0 saturated heterocycles. The van der Waals surface area contributed by atoms with Gasteiger partial charge in [0.15, 0.2) is 11.5 Å². The van der Waals surface area contributed by atoms with Gasteiger partial charge in [-0.15, -0.1) is 0 Å². The second-order valence-electron chi connectivity index (χ2n) is 7.00. The number of hydrogen-bond donors (Lipinski definition) is 1. The summed E-state index contributed by atoms with van der Waals surface area (Å²) in [6, 6.07) is 18.4. The van der Waals surface area contributed by atoms with Crippen LogP contribution in [0, 0.1) is 11.3 Å². The zero-order valence-electron chi connectivity index (χ0n) is 17.8. The molecule has 9 heteroatoms. The number of nitrogens with zero attached hydrogens (tertiary/aromatic N) is 1. The molecule has 0 aliphatic rings. The molecule has 0 unspecified atom stereocenters. The van der Waals surface area contributed by atoms with Gasteiger partial charge in [0.25, 0.3) is 5.91 Å². The molecule has 1 amide bonds. The summed E-state index contributed by atoms with van der Waals surface area (Å²) < 4.78 is 51.0. The van der Waals surface area contributed by atoms with Crippen LogP contribution < -0.4 is 14.8 Å². The number of ether oxygens (including phenoxy) is 2. The van der Waals surface area contributed by atoms with E-state index in [-0.39, 0.29) is 17.9 Å². The van der Waals surface area contributed by atoms with Crippen LogP contribution in [0.3, 0.4) is 0 Å². The number of nitriles is 1. The molecule has 3 aromatic carbocycles. The van der Waals surface area contributed by atoms with Crippen molar-refractivity contribution in [3.05, 3.63) is 93.5 Å². The Morgan fingerprint density at radius 3 is 2.47 bits per heavy atom. The van der Waals surface area contributed by atoms with E-state index in [0.29, 0.717) is 17.1 Å². The van der Waals surface area contributed by atoms with Gasteiger partial charge >= 0.3 is 6.18 Å². The Morgan fingerprint density at radius 2 is 1.82 bits per heavy atom. The zero-order chi connectivity index (χ0) is 24.7. The van der Waals surface area contributed by atoms with Gasteiger partial charge < -0.3 is 14.8 Å². The summed E-state index contributed by atoms with van der Waals surface area (Å²) >= 11 is 3.37. The molecule has 0 radical (unpaired) electrons. The van der Waals surface area contributed by atoms with Crippen LogP contribution in [0.4, 0.5) is 18.9 Å². The van der Waals surface area contributed by atoms with Crippen molar-refractivity contribution in [2.45, 2.75) is 12.8 Å². The summed E-state index contributed by atoms with van der Waals surface area (Å²) in [6.07, 6.45) is -3.27. The molecule has 0 heterocycles. The van der Waals surface area contributed by atoms with E-state index in [1.54, 1.807) is 24.3 Å². The van der Waals surface area contributed by atoms with E-state index in [9.17, 15) is 23.2 Å². The van der Waals surface area contributed by atoms with Gasteiger partial charge in [-0.2, -0.15) is 18.4 Å². The average Bonchev–Trinajstić information content (AvgIpc) is 2.82. The van der Waals surface area contributed by atoms with E-state index >= 15 is 0 Å². The standard InChI is InChI=1S/C25H18BrF3N2O3/c1-33-22-7-2-4-17(23(22)34-15-16-8-10-20(26)11-9-16)12-18(14-30)24(32)31-21-6-3-5-19(13-21)25(27,28)29/h2-13H,15H2,1H3,(H,31,32)/b18-12+. The largest absolute Gasteiger partial charge is 0.493 e. The van der Waals surface area contributed by atoms with Crippen molar-refractivity contribution < 1.29 is 27.4 Å². The third kappa shape index (κ3) is 6.39. The zero-order valence-corrected chi connectivity index (χ0v) is 19.4. The summed E-state index contributed by atoms with van der Waals surface area (Å²) in [7, 11) is 1.46. The quantitative estimate of drug-likeness (QED) is 0.276. The number of carbonyl (C=O) groups is 1. The van der Waals surface area contributed by atoms with E-state index < -0.39 is 17.6 Å². The number of rotatable bonds is 7. The molecule has 0 saturated carbocycles. The van der Waals surface area contributed by atoms with Crippen LogP contribution in [0.5, 0.6) is 11.5 Å². The molecule has 0 aliphatic heterocycles. The van der Waals surface area contributed by atoms with E-state index in [1.165, 1.54) is 25.3 Å². The fourth-order valence-electron chi connectivity index (χ4n) is 2.97. The van der Waals surface area contributed by atoms with Crippen molar-refractivity contribution in [3.63, 3.8) is 0 Å². The van der Waals surface area contributed by atoms with Crippen LogP contribution in [-0.4, -0.2) is 13.0 Å². The number of amides is 1. The second-order valence-corrected chi connectivity index (χ2v) is 7.91. The van der Waals surface area contributed by atoms with Gasteiger partial charge in [0.05, 0.1) is 12.7 Å². The predicted molar refractivity (Wildman–Crippen MR) is 125 cm³/mol. The fraction of sp³-hybridized carbons (Fsp3) is 0.120. The van der Waals surface area contributed by atoms with E-state index in [1.807, 2.05) is 24.3 Å². The highest BCUT2D eigenvalue weighted by molar-refractivity contribution is 9.10. The Hall–Kier alpha value is -3.77. The van der Waals surface area contributed by atoms with Crippen LogP contribution in [0.25, 0.3) is 6.08 Å². The van der Waals surface area contributed by atoms with Crippen LogP contribution in [0.2, 0.25) is 0 Å². The molecular formula is C25H18BrF3N2O3. The molecule has 0 aliphatic carbocycles. The lowest BCUT2D eigenvalue weighted by Gasteiger charge is -2.14. The molecule has 5 nitrogen and oxygen atoms in total. The smallest absolute Gasteiger partial charge is 0.416 e. The summed E-state index contributed by atoms with van der Waals surface area (Å²) in [5, 5.41) is 11.9. The van der Waals surface area contributed by atoms with E-state index in [2.05, 4.69) is 21.2 Å². The highest BCUT2D eigenvalue weighted by atomic mass is 79.9. The third-order valence-electron chi connectivity index (χ3n) is 4.64. The Morgan fingerprint density at radius 1 is 1.12 bits per heavy atom. The fourth-order valence-corrected chi connectivity index (χ4v) is 3.24. The molecule has 0 aromatic heterocycles. The van der Waals surface area contributed by atoms with Crippen molar-refractivity contribution in [1.29, 1.82) is 5.26 Å². The first-order chi connectivity index (χ1) is 16.2. The normalized spacial score (nSPS) is 11.5. The van der Waals surface area contributed by atoms with Crippen LogP contribution >= 0.6 is 15.9 Å². The minimum absolute atomic E-state index is 0.0849. The predicted octanol–water partition coefficient (Wildman–Crippen LogP) is 6.60. The lowest BCUT2D eigenvalue weighted by Crippen LogP contribution is -2.14. The van der Waals surface area contributed by atoms with Gasteiger partial charge in [-0.1, -0.05) is 46.3 Å². The number of halogens is 4. The highest BCUT2D eigenvalue weighted by Crippen LogP contribution is 2.34. The number of para-hydroxylation sites is 1. The Labute approximate surface area is 202 Å². The van der Waals surface area contributed by atoms with Crippen LogP contribution in [-0.2, 0) is 17.6 Å². The van der Waals surface area contributed by atoms with Crippen LogP contribution in [0.15, 0.2) is 76.8 Å². The van der Waals surface area contributed by atoms with Crippen molar-refractivity contribution >= 4 is 33.6 Å². The third-order valence-corrected chi connectivity index (χ3v) is 5.17. The first-order valence-corrected chi connectivity index (χ1v) is 10.6. The number of methoxy groups -OCH3 is 1. The Bertz CT molecular complexity index is 1250. The molecule has 174 valence electrons. The topological polar surface area (TPSA) is 71.3 Å². The molecule has 0 bridgehead atoms. The minimum atomic E-state index is -4.56. The molecular weight excluding hydrogens is 513 g/mol. The average molecular weight is 531 g/mol. The molecule has 1 N–H and O–H groups in total. The van der Waals surface area contributed by atoms with Gasteiger partial charge in [-0.25, -0.2) is 0 Å². The maximum Gasteiger partial charge on any atom is 0.416 e. The molecule has 3 rings (SSSR count). The molecule has 3 aromatic rings. The lowest BCUT2D eigenvalue weighted by molar-refractivity contribution is -0.137. The molecule has 0 spiro atoms. The van der Waals surface area contributed by atoms with Gasteiger partial charge in [-0.3, -0.25) is 4.79 Å². The number of alkyl halides is 3. The maximum absolute atomic E-state index is 12.9. The highest BCUT2D eigenvalue weighted by Gasteiger charge is 2.30. The van der Waals surface area contributed by atoms with Crippen molar-refractivity contribution in [2.75, 3.05) is 12.4 Å². The van der Waals surface area contributed by atoms with Gasteiger partial charge in [0.1, 0.15) is 18.2 Å². The molecule has 34 heavy (non-hydrogen) atoms.